The van der Waals surface area contributed by atoms with Crippen molar-refractivity contribution in [2.45, 2.75) is 25.8 Å². The number of aromatic nitrogens is 3. The number of hydrogen-bond acceptors (Lipinski definition) is 5. The van der Waals surface area contributed by atoms with E-state index in [4.69, 9.17) is 10.3 Å². The standard InChI is InChI=1S/C11H14N4O/c1-7(2)11-14-10(15-16-11)9(12)8-5-3-4-6-13-8/h3-7,9H,12H2,1-2H3/t9-/m1/s1. The molecule has 0 fully saturated rings. The van der Waals surface area contributed by atoms with Crippen molar-refractivity contribution in [3.05, 3.63) is 41.8 Å². The van der Waals surface area contributed by atoms with Crippen molar-refractivity contribution in [2.75, 3.05) is 0 Å². The predicted molar refractivity (Wildman–Crippen MR) is 58.7 cm³/mol. The fraction of sp³-hybridized carbons (Fsp3) is 0.364. The molecule has 0 saturated carbocycles. The summed E-state index contributed by atoms with van der Waals surface area (Å²) in [6.45, 7) is 3.98. The smallest absolute Gasteiger partial charge is 0.229 e. The van der Waals surface area contributed by atoms with E-state index in [0.29, 0.717) is 11.7 Å². The monoisotopic (exact) mass is 218 g/mol. The topological polar surface area (TPSA) is 77.8 Å². The van der Waals surface area contributed by atoms with Crippen molar-refractivity contribution < 1.29 is 4.52 Å². The number of hydrogen-bond donors (Lipinski definition) is 1. The molecule has 0 unspecified atom stereocenters. The van der Waals surface area contributed by atoms with E-state index in [2.05, 4.69) is 15.1 Å². The number of rotatable bonds is 3. The Morgan fingerprint density at radius 2 is 2.12 bits per heavy atom. The van der Waals surface area contributed by atoms with Crippen LogP contribution in [0.5, 0.6) is 0 Å². The highest BCUT2D eigenvalue weighted by Gasteiger charge is 2.18. The minimum atomic E-state index is -0.433. The Balaban J connectivity index is 2.24. The zero-order valence-electron chi connectivity index (χ0n) is 9.29. The Labute approximate surface area is 93.7 Å². The van der Waals surface area contributed by atoms with Crippen LogP contribution in [0.25, 0.3) is 0 Å². The molecule has 2 rings (SSSR count). The minimum absolute atomic E-state index is 0.206. The molecular weight excluding hydrogens is 204 g/mol. The van der Waals surface area contributed by atoms with Crippen LogP contribution in [0.3, 0.4) is 0 Å². The zero-order valence-corrected chi connectivity index (χ0v) is 9.29. The zero-order chi connectivity index (χ0) is 11.5. The van der Waals surface area contributed by atoms with Crippen molar-refractivity contribution in [3.63, 3.8) is 0 Å². The van der Waals surface area contributed by atoms with Gasteiger partial charge in [0.05, 0.1) is 5.69 Å². The number of pyridine rings is 1. The van der Waals surface area contributed by atoms with Gasteiger partial charge in [0.2, 0.25) is 5.89 Å². The predicted octanol–water partition coefficient (Wildman–Crippen LogP) is 1.64. The lowest BCUT2D eigenvalue weighted by atomic mass is 10.2. The lowest BCUT2D eigenvalue weighted by Crippen LogP contribution is -2.15. The lowest BCUT2D eigenvalue weighted by Gasteiger charge is -2.04. The van der Waals surface area contributed by atoms with Gasteiger partial charge in [0.1, 0.15) is 6.04 Å². The Morgan fingerprint density at radius 3 is 2.69 bits per heavy atom. The summed E-state index contributed by atoms with van der Waals surface area (Å²) in [5.74, 6) is 1.28. The molecule has 16 heavy (non-hydrogen) atoms. The summed E-state index contributed by atoms with van der Waals surface area (Å²) >= 11 is 0. The van der Waals surface area contributed by atoms with Gasteiger partial charge in [-0.15, -0.1) is 0 Å². The molecule has 0 bridgehead atoms. The first-order valence-electron chi connectivity index (χ1n) is 5.18. The molecule has 5 nitrogen and oxygen atoms in total. The van der Waals surface area contributed by atoms with Crippen LogP contribution in [-0.2, 0) is 0 Å². The minimum Gasteiger partial charge on any atom is -0.339 e. The molecule has 1 atom stereocenters. The van der Waals surface area contributed by atoms with E-state index in [-0.39, 0.29) is 5.92 Å². The van der Waals surface area contributed by atoms with Gasteiger partial charge in [0, 0.05) is 12.1 Å². The van der Waals surface area contributed by atoms with Crippen molar-refractivity contribution in [2.24, 2.45) is 5.73 Å². The van der Waals surface area contributed by atoms with E-state index >= 15 is 0 Å². The molecule has 0 amide bonds. The second-order valence-corrected chi connectivity index (χ2v) is 3.88. The second kappa shape index (κ2) is 4.40. The molecule has 0 radical (unpaired) electrons. The molecule has 5 heteroatoms. The lowest BCUT2D eigenvalue weighted by molar-refractivity contribution is 0.359. The highest BCUT2D eigenvalue weighted by atomic mass is 16.5. The van der Waals surface area contributed by atoms with Crippen molar-refractivity contribution in [1.29, 1.82) is 0 Å². The summed E-state index contributed by atoms with van der Waals surface area (Å²) in [5.41, 5.74) is 6.72. The van der Waals surface area contributed by atoms with E-state index < -0.39 is 6.04 Å². The first-order chi connectivity index (χ1) is 7.68. The summed E-state index contributed by atoms with van der Waals surface area (Å²) < 4.78 is 5.10. The van der Waals surface area contributed by atoms with Gasteiger partial charge in [-0.3, -0.25) is 4.98 Å². The van der Waals surface area contributed by atoms with Crippen LogP contribution >= 0.6 is 0 Å². The normalized spacial score (nSPS) is 13.0. The van der Waals surface area contributed by atoms with E-state index in [1.54, 1.807) is 6.20 Å². The molecule has 0 aliphatic heterocycles. The summed E-state index contributed by atoms with van der Waals surface area (Å²) in [6, 6.07) is 5.13. The molecule has 0 saturated heterocycles. The highest BCUT2D eigenvalue weighted by molar-refractivity contribution is 5.15. The fourth-order valence-corrected chi connectivity index (χ4v) is 1.30. The van der Waals surface area contributed by atoms with Gasteiger partial charge in [0.25, 0.3) is 0 Å². The molecular formula is C11H14N4O. The van der Waals surface area contributed by atoms with Gasteiger partial charge in [-0.05, 0) is 12.1 Å². The molecule has 2 heterocycles. The average Bonchev–Trinajstić information content (AvgIpc) is 2.78. The maximum absolute atomic E-state index is 5.98. The summed E-state index contributed by atoms with van der Waals surface area (Å²) in [7, 11) is 0. The van der Waals surface area contributed by atoms with Crippen molar-refractivity contribution >= 4 is 0 Å². The molecule has 84 valence electrons. The third-order valence-electron chi connectivity index (χ3n) is 2.24. The Hall–Kier alpha value is -1.75. The molecule has 2 aromatic heterocycles. The third-order valence-corrected chi connectivity index (χ3v) is 2.24. The second-order valence-electron chi connectivity index (χ2n) is 3.88. The van der Waals surface area contributed by atoms with E-state index in [0.717, 1.165) is 5.69 Å². The van der Waals surface area contributed by atoms with E-state index in [1.165, 1.54) is 0 Å². The Bertz CT molecular complexity index is 452. The van der Waals surface area contributed by atoms with Crippen LogP contribution in [0, 0.1) is 0 Å². The number of nitrogens with zero attached hydrogens (tertiary/aromatic N) is 3. The van der Waals surface area contributed by atoms with Gasteiger partial charge < -0.3 is 10.3 Å². The summed E-state index contributed by atoms with van der Waals surface area (Å²) in [6.07, 6.45) is 1.69. The third kappa shape index (κ3) is 2.09. The maximum Gasteiger partial charge on any atom is 0.229 e. The Kier molecular flexibility index (Phi) is 2.96. The van der Waals surface area contributed by atoms with Crippen LogP contribution in [0.2, 0.25) is 0 Å². The summed E-state index contributed by atoms with van der Waals surface area (Å²) in [4.78, 5) is 8.41. The molecule has 0 aliphatic rings. The largest absolute Gasteiger partial charge is 0.339 e. The average molecular weight is 218 g/mol. The van der Waals surface area contributed by atoms with Gasteiger partial charge in [-0.25, -0.2) is 0 Å². The fourth-order valence-electron chi connectivity index (χ4n) is 1.30. The Morgan fingerprint density at radius 1 is 1.31 bits per heavy atom. The molecule has 0 spiro atoms. The number of nitrogens with two attached hydrogens (primary N) is 1. The van der Waals surface area contributed by atoms with Crippen LogP contribution < -0.4 is 5.73 Å². The van der Waals surface area contributed by atoms with Gasteiger partial charge in [-0.1, -0.05) is 25.1 Å². The van der Waals surface area contributed by atoms with E-state index in [1.807, 2.05) is 32.0 Å². The van der Waals surface area contributed by atoms with Crippen LogP contribution in [-0.4, -0.2) is 15.1 Å². The SMILES string of the molecule is CC(C)c1nc([C@H](N)c2ccccn2)no1. The first kappa shape index (κ1) is 10.8. The van der Waals surface area contributed by atoms with Gasteiger partial charge >= 0.3 is 0 Å². The summed E-state index contributed by atoms with van der Waals surface area (Å²) in [5, 5.41) is 3.86. The quantitative estimate of drug-likeness (QED) is 0.847. The molecule has 2 N–H and O–H groups in total. The molecule has 0 aromatic carbocycles. The van der Waals surface area contributed by atoms with Gasteiger partial charge in [-0.2, -0.15) is 4.98 Å². The highest BCUT2D eigenvalue weighted by Crippen LogP contribution is 2.17. The molecule has 0 aliphatic carbocycles. The first-order valence-corrected chi connectivity index (χ1v) is 5.18. The van der Waals surface area contributed by atoms with Crippen LogP contribution in [0.15, 0.2) is 28.9 Å². The van der Waals surface area contributed by atoms with E-state index in [9.17, 15) is 0 Å². The van der Waals surface area contributed by atoms with Crippen LogP contribution in [0.1, 0.15) is 43.2 Å². The van der Waals surface area contributed by atoms with Gasteiger partial charge in [0.15, 0.2) is 5.82 Å². The van der Waals surface area contributed by atoms with Crippen molar-refractivity contribution in [1.82, 2.24) is 15.1 Å². The van der Waals surface area contributed by atoms with Crippen LogP contribution in [0.4, 0.5) is 0 Å². The molecule has 2 aromatic rings. The maximum atomic E-state index is 5.98. The van der Waals surface area contributed by atoms with Crippen molar-refractivity contribution in [3.8, 4) is 0 Å².